The van der Waals surface area contributed by atoms with Crippen molar-refractivity contribution in [2.45, 2.75) is 9.64 Å². The molecule has 2 aromatic rings. The zero-order valence-corrected chi connectivity index (χ0v) is 15.3. The van der Waals surface area contributed by atoms with Gasteiger partial charge in [-0.25, -0.2) is 0 Å². The lowest BCUT2D eigenvalue weighted by Crippen LogP contribution is -2.34. The second kappa shape index (κ2) is 6.62. The summed E-state index contributed by atoms with van der Waals surface area (Å²) >= 11 is 20.7. The molecule has 0 aromatic heterocycles. The number of alkyl halides is 3. The number of aliphatic hydroxyl groups is 1. The lowest BCUT2D eigenvalue weighted by Gasteiger charge is -2.29. The van der Waals surface area contributed by atoms with Gasteiger partial charge in [-0.3, -0.25) is 0 Å². The minimum Gasteiger partial charge on any atom is -0.380 e. The van der Waals surface area contributed by atoms with Crippen molar-refractivity contribution in [2.75, 3.05) is 0 Å². The van der Waals surface area contributed by atoms with Gasteiger partial charge in [-0.2, -0.15) is 0 Å². The molecule has 0 radical (unpaired) electrons. The Hall–Kier alpha value is -0.0200. The van der Waals surface area contributed by atoms with Crippen molar-refractivity contribution < 1.29 is 9.67 Å². The van der Waals surface area contributed by atoms with Crippen LogP contribution in [0.5, 0.6) is 0 Å². The first-order valence-corrected chi connectivity index (χ1v) is 9.63. The Morgan fingerprint density at radius 3 is 1.90 bits per heavy atom. The Balaban J connectivity index is 2.65. The molecule has 0 amide bonds. The van der Waals surface area contributed by atoms with Crippen molar-refractivity contribution >= 4 is 68.5 Å². The van der Waals surface area contributed by atoms with Crippen LogP contribution in [0.1, 0.15) is 0 Å². The van der Waals surface area contributed by atoms with E-state index >= 15 is 0 Å². The van der Waals surface area contributed by atoms with Crippen molar-refractivity contribution in [1.29, 1.82) is 0 Å². The highest BCUT2D eigenvalue weighted by molar-refractivity contribution is 9.10. The molecule has 0 fully saturated rings. The average Bonchev–Trinajstić information content (AvgIpc) is 2.46. The minimum atomic E-state index is -3.52. The molecule has 0 bridgehead atoms. The Kier molecular flexibility index (Phi) is 5.46. The first-order chi connectivity index (χ1) is 9.76. The van der Waals surface area contributed by atoms with Gasteiger partial charge < -0.3 is 9.67 Å². The molecule has 2 atom stereocenters. The van der Waals surface area contributed by atoms with E-state index in [-0.39, 0.29) is 0 Å². The van der Waals surface area contributed by atoms with Gasteiger partial charge in [0.05, 0.1) is 0 Å². The maximum absolute atomic E-state index is 13.6. The van der Waals surface area contributed by atoms with Gasteiger partial charge in [0.15, 0.2) is 13.0 Å². The highest BCUT2D eigenvalue weighted by Crippen LogP contribution is 2.55. The number of hydrogen-bond donors (Lipinski definition) is 1. The molecule has 0 saturated carbocycles. The number of benzene rings is 2. The van der Waals surface area contributed by atoms with Crippen molar-refractivity contribution in [1.82, 2.24) is 0 Å². The third-order valence-electron chi connectivity index (χ3n) is 2.99. The van der Waals surface area contributed by atoms with E-state index in [2.05, 4.69) is 15.9 Å². The summed E-state index contributed by atoms with van der Waals surface area (Å²) in [5.41, 5.74) is 0. The van der Waals surface area contributed by atoms with E-state index in [1.54, 1.807) is 54.6 Å². The van der Waals surface area contributed by atoms with Crippen LogP contribution in [-0.2, 0) is 4.57 Å². The van der Waals surface area contributed by atoms with E-state index in [1.807, 2.05) is 0 Å². The quantitative estimate of drug-likeness (QED) is 0.579. The molecule has 2 aromatic carbocycles. The molecule has 0 spiro atoms. The number of aliphatic hydroxyl groups excluding tert-OH is 1. The summed E-state index contributed by atoms with van der Waals surface area (Å²) in [6.07, 6.45) is 0. The molecule has 0 heterocycles. The second-order valence-corrected chi connectivity index (χ2v) is 10.5. The molecule has 0 unspecified atom stereocenters. The first kappa shape index (κ1) is 17.3. The van der Waals surface area contributed by atoms with Gasteiger partial charge in [0.1, 0.15) is 0 Å². The predicted octanol–water partition coefficient (Wildman–Crippen LogP) is 4.45. The fraction of sp³-hybridized carbons (Fsp3) is 0.143. The summed E-state index contributed by atoms with van der Waals surface area (Å²) in [4.78, 5) is 0. The summed E-state index contributed by atoms with van der Waals surface area (Å²) in [5.74, 6) is -1.64. The first-order valence-electron chi connectivity index (χ1n) is 5.92. The van der Waals surface area contributed by atoms with E-state index in [9.17, 15) is 9.67 Å². The summed E-state index contributed by atoms with van der Waals surface area (Å²) < 4.78 is 12.3. The van der Waals surface area contributed by atoms with E-state index in [0.717, 1.165) is 4.47 Å². The van der Waals surface area contributed by atoms with Gasteiger partial charge in [-0.05, 0) is 24.3 Å². The monoisotopic (exact) mass is 426 g/mol. The van der Waals surface area contributed by atoms with Crippen LogP contribution >= 0.6 is 57.9 Å². The second-order valence-electron chi connectivity index (χ2n) is 4.39. The highest BCUT2D eigenvalue weighted by atomic mass is 79.9. The summed E-state index contributed by atoms with van der Waals surface area (Å²) in [7, 11) is -3.52. The number of rotatable bonds is 3. The predicted molar refractivity (Wildman–Crippen MR) is 93.8 cm³/mol. The maximum atomic E-state index is 13.6. The van der Waals surface area contributed by atoms with Gasteiger partial charge >= 0.3 is 0 Å². The maximum Gasteiger partial charge on any atom is 0.223 e. The van der Waals surface area contributed by atoms with Crippen LogP contribution in [0.4, 0.5) is 0 Å². The standard InChI is InChI=1S/C14H11BrCl3O2P/c15-10-6-8-12(9-7-10)21(20,13(19)14(16,17)18)11-4-2-1-3-5-11/h1-9,13,19H/t13-,21+/m1/s1. The Morgan fingerprint density at radius 2 is 1.43 bits per heavy atom. The van der Waals surface area contributed by atoms with Crippen molar-refractivity contribution in [2.24, 2.45) is 0 Å². The van der Waals surface area contributed by atoms with Crippen LogP contribution in [0.15, 0.2) is 59.1 Å². The van der Waals surface area contributed by atoms with Crippen LogP contribution < -0.4 is 10.6 Å². The molecule has 21 heavy (non-hydrogen) atoms. The van der Waals surface area contributed by atoms with Crippen molar-refractivity contribution in [3.63, 3.8) is 0 Å². The van der Waals surface area contributed by atoms with Gasteiger partial charge in [-0.15, -0.1) is 0 Å². The van der Waals surface area contributed by atoms with Crippen molar-refractivity contribution in [3.05, 3.63) is 59.1 Å². The third-order valence-corrected chi connectivity index (χ3v) is 7.80. The zero-order chi connectivity index (χ0) is 15.7. The van der Waals surface area contributed by atoms with Crippen LogP contribution in [0.3, 0.4) is 0 Å². The molecule has 7 heteroatoms. The Labute approximate surface area is 146 Å². The zero-order valence-electron chi connectivity index (χ0n) is 10.6. The Morgan fingerprint density at radius 1 is 0.952 bits per heavy atom. The smallest absolute Gasteiger partial charge is 0.223 e. The molecule has 2 nitrogen and oxygen atoms in total. The molecule has 2 rings (SSSR count). The van der Waals surface area contributed by atoms with E-state index in [4.69, 9.17) is 34.8 Å². The lowest BCUT2D eigenvalue weighted by atomic mass is 10.4. The summed E-state index contributed by atoms with van der Waals surface area (Å²) in [6, 6.07) is 15.3. The van der Waals surface area contributed by atoms with Crippen LogP contribution in [-0.4, -0.2) is 14.7 Å². The largest absolute Gasteiger partial charge is 0.380 e. The van der Waals surface area contributed by atoms with Gasteiger partial charge in [0.25, 0.3) is 0 Å². The molecule has 112 valence electrons. The molecule has 0 aliphatic heterocycles. The molecule has 0 aliphatic carbocycles. The minimum absolute atomic E-state index is 0.427. The third kappa shape index (κ3) is 3.67. The number of hydrogen-bond acceptors (Lipinski definition) is 2. The van der Waals surface area contributed by atoms with Gasteiger partial charge in [0.2, 0.25) is 3.79 Å². The van der Waals surface area contributed by atoms with Crippen molar-refractivity contribution in [3.8, 4) is 0 Å². The summed E-state index contributed by atoms with van der Waals surface area (Å²) in [5, 5.41) is 11.3. The van der Waals surface area contributed by atoms with Gasteiger partial charge in [-0.1, -0.05) is 81.1 Å². The average molecular weight is 428 g/mol. The molecular weight excluding hydrogens is 417 g/mol. The SMILES string of the molecule is O=[P@@](c1ccccc1)(c1ccc(Br)cc1)[C@@H](O)C(Cl)(Cl)Cl. The Bertz CT molecular complexity index is 656. The normalized spacial score (nSPS) is 16.2. The van der Waals surface area contributed by atoms with E-state index < -0.39 is 16.8 Å². The van der Waals surface area contributed by atoms with Gasteiger partial charge in [0, 0.05) is 15.1 Å². The highest BCUT2D eigenvalue weighted by Gasteiger charge is 2.47. The van der Waals surface area contributed by atoms with Crippen LogP contribution in [0, 0.1) is 0 Å². The molecule has 1 N–H and O–H groups in total. The topological polar surface area (TPSA) is 37.3 Å². The van der Waals surface area contributed by atoms with E-state index in [0.29, 0.717) is 10.6 Å². The number of halogens is 4. The fourth-order valence-corrected chi connectivity index (χ4v) is 5.93. The molecular formula is C14H11BrCl3O2P. The summed E-state index contributed by atoms with van der Waals surface area (Å²) in [6.45, 7) is 0. The van der Waals surface area contributed by atoms with Crippen LogP contribution in [0.2, 0.25) is 0 Å². The lowest BCUT2D eigenvalue weighted by molar-refractivity contribution is 0.255. The fourth-order valence-electron chi connectivity index (χ4n) is 1.95. The van der Waals surface area contributed by atoms with Crippen LogP contribution in [0.25, 0.3) is 0 Å². The molecule has 0 saturated heterocycles. The molecule has 0 aliphatic rings. The van der Waals surface area contributed by atoms with E-state index in [1.165, 1.54) is 0 Å².